The minimum Gasteiger partial charge on any atom is -0.396 e. The first-order valence-electron chi connectivity index (χ1n) is 9.79. The molecule has 0 saturated heterocycles. The second kappa shape index (κ2) is 8.80. The maximum Gasteiger partial charge on any atom is 0.258 e. The molecule has 146 valence electrons. The second-order valence-corrected chi connectivity index (χ2v) is 8.66. The number of nitrogens with zero attached hydrogens (tertiary/aromatic N) is 1. The molecule has 3 aromatic rings. The molecule has 0 atom stereocenters. The number of hydrogen-bond acceptors (Lipinski definition) is 5. The van der Waals surface area contributed by atoms with E-state index >= 15 is 0 Å². The molecule has 1 saturated carbocycles. The number of hydrogen-bond donors (Lipinski definition) is 3. The monoisotopic (exact) mass is 395 g/mol. The molecule has 0 unspecified atom stereocenters. The molecule has 4 rings (SSSR count). The predicted molar refractivity (Wildman–Crippen MR) is 116 cm³/mol. The molecule has 0 aliphatic heterocycles. The van der Waals surface area contributed by atoms with E-state index in [4.69, 9.17) is 4.98 Å². The molecule has 0 spiro atoms. The fourth-order valence-corrected chi connectivity index (χ4v) is 4.84. The number of aliphatic hydroxyl groups excluding tert-OH is 1. The van der Waals surface area contributed by atoms with Crippen LogP contribution in [0.5, 0.6) is 0 Å². The van der Waals surface area contributed by atoms with Crippen LogP contribution < -0.4 is 10.9 Å². The Morgan fingerprint density at radius 1 is 1.07 bits per heavy atom. The first-order chi connectivity index (χ1) is 13.7. The molecule has 1 aromatic heterocycles. The van der Waals surface area contributed by atoms with Crippen LogP contribution in [0.2, 0.25) is 0 Å². The first-order valence-corrected chi connectivity index (χ1v) is 10.8. The molecule has 3 N–H and O–H groups in total. The fraction of sp³-hybridized carbons (Fsp3) is 0.364. The summed E-state index contributed by atoms with van der Waals surface area (Å²) >= 11 is 1.86. The molecule has 5 nitrogen and oxygen atoms in total. The third-order valence-electron chi connectivity index (χ3n) is 5.33. The summed E-state index contributed by atoms with van der Waals surface area (Å²) < 4.78 is 0. The average molecular weight is 396 g/mol. The molecule has 2 aromatic carbocycles. The van der Waals surface area contributed by atoms with Gasteiger partial charge >= 0.3 is 0 Å². The van der Waals surface area contributed by atoms with E-state index in [0.717, 1.165) is 42.9 Å². The van der Waals surface area contributed by atoms with E-state index in [1.165, 1.54) is 0 Å². The maximum atomic E-state index is 12.4. The number of thioether (sulfide) groups is 1. The summed E-state index contributed by atoms with van der Waals surface area (Å²) in [6, 6.07) is 15.6. The number of H-pyrrole nitrogens is 1. The lowest BCUT2D eigenvalue weighted by Crippen LogP contribution is -2.19. The lowest BCUT2D eigenvalue weighted by Gasteiger charge is -2.26. The highest BCUT2D eigenvalue weighted by molar-refractivity contribution is 7.99. The van der Waals surface area contributed by atoms with Crippen LogP contribution in [0.4, 0.5) is 11.4 Å². The van der Waals surface area contributed by atoms with E-state index < -0.39 is 0 Å². The van der Waals surface area contributed by atoms with Crippen molar-refractivity contribution in [2.45, 2.75) is 36.7 Å². The first kappa shape index (κ1) is 19.0. The van der Waals surface area contributed by atoms with Crippen molar-refractivity contribution in [1.29, 1.82) is 0 Å². The summed E-state index contributed by atoms with van der Waals surface area (Å²) in [5, 5.41) is 13.8. The summed E-state index contributed by atoms with van der Waals surface area (Å²) in [7, 11) is 0. The second-order valence-electron chi connectivity index (χ2n) is 7.37. The summed E-state index contributed by atoms with van der Waals surface area (Å²) in [4.78, 5) is 20.1. The van der Waals surface area contributed by atoms with E-state index in [1.807, 2.05) is 60.3 Å². The number of fused-ring (bicyclic) bond motifs is 1. The number of anilines is 2. The highest BCUT2D eigenvalue weighted by Gasteiger charge is 2.21. The molecule has 0 radical (unpaired) electrons. The van der Waals surface area contributed by atoms with E-state index in [0.29, 0.717) is 34.4 Å². The standard InChI is InChI=1S/C22H25N3O2S/c26-13-15-6-9-18(10-7-15)28-14-21-24-20-12-17(8-11-19(20)22(27)25-21)23-16-4-2-1-3-5-16/h1-5,8,11-12,15,18,23,26H,6-7,9-10,13-14H2,(H,24,25,27)/t15-,18+. The van der Waals surface area contributed by atoms with Gasteiger partial charge in [0.05, 0.1) is 16.7 Å². The highest BCUT2D eigenvalue weighted by atomic mass is 32.2. The zero-order chi connectivity index (χ0) is 19.3. The molecule has 1 aliphatic carbocycles. The van der Waals surface area contributed by atoms with Gasteiger partial charge in [0.15, 0.2) is 0 Å². The van der Waals surface area contributed by atoms with Gasteiger partial charge in [0.1, 0.15) is 5.82 Å². The topological polar surface area (TPSA) is 78.0 Å². The normalized spacial score (nSPS) is 19.6. The summed E-state index contributed by atoms with van der Waals surface area (Å²) in [6.07, 6.45) is 4.42. The van der Waals surface area contributed by atoms with Crippen LogP contribution in [0.15, 0.2) is 53.3 Å². The lowest BCUT2D eigenvalue weighted by molar-refractivity contribution is 0.192. The Balaban J connectivity index is 1.47. The average Bonchev–Trinajstić information content (AvgIpc) is 2.73. The van der Waals surface area contributed by atoms with Crippen LogP contribution >= 0.6 is 11.8 Å². The van der Waals surface area contributed by atoms with E-state index in [2.05, 4.69) is 10.3 Å². The zero-order valence-corrected chi connectivity index (χ0v) is 16.5. The van der Waals surface area contributed by atoms with Crippen molar-refractivity contribution in [1.82, 2.24) is 9.97 Å². The van der Waals surface area contributed by atoms with Crippen LogP contribution in [0, 0.1) is 5.92 Å². The Morgan fingerprint density at radius 2 is 1.86 bits per heavy atom. The van der Waals surface area contributed by atoms with Gasteiger partial charge in [0, 0.05) is 23.2 Å². The Morgan fingerprint density at radius 3 is 2.61 bits per heavy atom. The Bertz CT molecular complexity index is 982. The smallest absolute Gasteiger partial charge is 0.258 e. The molecular weight excluding hydrogens is 370 g/mol. The van der Waals surface area contributed by atoms with Crippen molar-refractivity contribution in [3.63, 3.8) is 0 Å². The number of nitrogens with one attached hydrogen (secondary N) is 2. The summed E-state index contributed by atoms with van der Waals surface area (Å²) in [5.74, 6) is 1.89. The van der Waals surface area contributed by atoms with Crippen molar-refractivity contribution >= 4 is 34.0 Å². The number of rotatable bonds is 6. The van der Waals surface area contributed by atoms with Crippen molar-refractivity contribution in [2.24, 2.45) is 5.92 Å². The van der Waals surface area contributed by atoms with Crippen LogP contribution in [0.3, 0.4) is 0 Å². The van der Waals surface area contributed by atoms with E-state index in [-0.39, 0.29) is 5.56 Å². The predicted octanol–water partition coefficient (Wildman–Crippen LogP) is 4.45. The van der Waals surface area contributed by atoms with Crippen molar-refractivity contribution < 1.29 is 5.11 Å². The largest absolute Gasteiger partial charge is 0.396 e. The molecule has 28 heavy (non-hydrogen) atoms. The Hall–Kier alpha value is -2.31. The van der Waals surface area contributed by atoms with Crippen LogP contribution in [0.1, 0.15) is 31.5 Å². The fourth-order valence-electron chi connectivity index (χ4n) is 3.70. The minimum absolute atomic E-state index is 0.0872. The molecule has 1 aliphatic rings. The highest BCUT2D eigenvalue weighted by Crippen LogP contribution is 2.33. The third kappa shape index (κ3) is 4.56. The van der Waals surface area contributed by atoms with Gasteiger partial charge in [0.25, 0.3) is 5.56 Å². The molecule has 0 amide bonds. The van der Waals surface area contributed by atoms with Crippen molar-refractivity contribution in [3.05, 3.63) is 64.7 Å². The van der Waals surface area contributed by atoms with Gasteiger partial charge in [-0.3, -0.25) is 4.79 Å². The number of benzene rings is 2. The summed E-state index contributed by atoms with van der Waals surface area (Å²) in [6.45, 7) is 0.302. The van der Waals surface area contributed by atoms with Gasteiger partial charge in [-0.05, 0) is 61.9 Å². The van der Waals surface area contributed by atoms with E-state index in [9.17, 15) is 9.90 Å². The molecule has 1 fully saturated rings. The van der Waals surface area contributed by atoms with E-state index in [1.54, 1.807) is 0 Å². The maximum absolute atomic E-state index is 12.4. The SMILES string of the molecule is O=c1[nH]c(CS[C@H]2CC[C@@H](CO)CC2)nc2cc(Nc3ccccc3)ccc12. The molecule has 0 bridgehead atoms. The van der Waals surface area contributed by atoms with Gasteiger partial charge in [-0.25, -0.2) is 4.98 Å². The van der Waals surface area contributed by atoms with Crippen LogP contribution in [0.25, 0.3) is 10.9 Å². The van der Waals surface area contributed by atoms with Crippen LogP contribution in [-0.4, -0.2) is 26.9 Å². The molecular formula is C22H25N3O2S. The Kier molecular flexibility index (Phi) is 5.98. The van der Waals surface area contributed by atoms with Gasteiger partial charge in [-0.15, -0.1) is 0 Å². The molecule has 1 heterocycles. The van der Waals surface area contributed by atoms with Crippen molar-refractivity contribution in [3.8, 4) is 0 Å². The Labute approximate surface area is 168 Å². The number of para-hydroxylation sites is 1. The van der Waals surface area contributed by atoms with Gasteiger partial charge in [-0.2, -0.15) is 11.8 Å². The quantitative estimate of drug-likeness (QED) is 0.575. The van der Waals surface area contributed by atoms with Crippen LogP contribution in [-0.2, 0) is 5.75 Å². The number of aromatic nitrogens is 2. The summed E-state index contributed by atoms with van der Waals surface area (Å²) in [5.41, 5.74) is 2.54. The molecule has 6 heteroatoms. The van der Waals surface area contributed by atoms with Crippen molar-refractivity contribution in [2.75, 3.05) is 11.9 Å². The number of aromatic amines is 1. The number of aliphatic hydroxyl groups is 1. The van der Waals surface area contributed by atoms with Gasteiger partial charge in [0.2, 0.25) is 0 Å². The minimum atomic E-state index is -0.0872. The van der Waals surface area contributed by atoms with Gasteiger partial charge in [-0.1, -0.05) is 18.2 Å². The third-order valence-corrected chi connectivity index (χ3v) is 6.71. The zero-order valence-electron chi connectivity index (χ0n) is 15.7. The lowest BCUT2D eigenvalue weighted by atomic mass is 9.90. The van der Waals surface area contributed by atoms with Gasteiger partial charge < -0.3 is 15.4 Å².